The molecule has 0 saturated heterocycles. The standard InChI is InChI=1S/C9H17NO2.C2H6/c1-10(12-2)9(11)8-6-4-3-5-7-8;1-2/h8H,3-7H2,1-2H3;1-2H3. The fourth-order valence-corrected chi connectivity index (χ4v) is 1.70. The zero-order valence-electron chi connectivity index (χ0n) is 9.88. The first-order chi connectivity index (χ1) is 6.75. The molecule has 0 aromatic rings. The van der Waals surface area contributed by atoms with Crippen LogP contribution in [0.15, 0.2) is 0 Å². The Morgan fingerprint density at radius 1 is 1.21 bits per heavy atom. The molecule has 0 aromatic heterocycles. The number of amides is 1. The molecule has 1 saturated carbocycles. The Morgan fingerprint density at radius 3 is 2.14 bits per heavy atom. The fourth-order valence-electron chi connectivity index (χ4n) is 1.70. The Hall–Kier alpha value is -0.570. The van der Waals surface area contributed by atoms with Crippen LogP contribution in [0, 0.1) is 5.92 Å². The maximum Gasteiger partial charge on any atom is 0.248 e. The minimum Gasteiger partial charge on any atom is -0.275 e. The molecule has 1 aliphatic rings. The summed E-state index contributed by atoms with van der Waals surface area (Å²) in [5.41, 5.74) is 0. The normalized spacial score (nSPS) is 16.9. The van der Waals surface area contributed by atoms with Gasteiger partial charge in [-0.1, -0.05) is 33.1 Å². The molecule has 1 aliphatic carbocycles. The number of carbonyl (C=O) groups is 1. The largest absolute Gasteiger partial charge is 0.275 e. The van der Waals surface area contributed by atoms with Crippen LogP contribution >= 0.6 is 0 Å². The third kappa shape index (κ3) is 4.09. The summed E-state index contributed by atoms with van der Waals surface area (Å²) in [6.45, 7) is 4.00. The van der Waals surface area contributed by atoms with Crippen molar-refractivity contribution in [3.8, 4) is 0 Å². The molecule has 0 radical (unpaired) electrons. The van der Waals surface area contributed by atoms with Gasteiger partial charge in [-0.15, -0.1) is 0 Å². The summed E-state index contributed by atoms with van der Waals surface area (Å²) in [7, 11) is 3.21. The maximum absolute atomic E-state index is 11.5. The van der Waals surface area contributed by atoms with Gasteiger partial charge in [-0.2, -0.15) is 0 Å². The molecular formula is C11H23NO2. The highest BCUT2D eigenvalue weighted by atomic mass is 16.7. The van der Waals surface area contributed by atoms with E-state index in [1.807, 2.05) is 13.8 Å². The molecule has 14 heavy (non-hydrogen) atoms. The quantitative estimate of drug-likeness (QED) is 0.643. The highest BCUT2D eigenvalue weighted by Crippen LogP contribution is 2.24. The van der Waals surface area contributed by atoms with Crippen molar-refractivity contribution in [3.63, 3.8) is 0 Å². The van der Waals surface area contributed by atoms with Gasteiger partial charge in [0.25, 0.3) is 0 Å². The van der Waals surface area contributed by atoms with E-state index >= 15 is 0 Å². The van der Waals surface area contributed by atoms with E-state index in [4.69, 9.17) is 4.84 Å². The Balaban J connectivity index is 0.000000791. The molecule has 0 unspecified atom stereocenters. The molecule has 0 bridgehead atoms. The lowest BCUT2D eigenvalue weighted by molar-refractivity contribution is -0.174. The Kier molecular flexibility index (Phi) is 7.48. The van der Waals surface area contributed by atoms with Gasteiger partial charge in [0.2, 0.25) is 5.91 Å². The van der Waals surface area contributed by atoms with E-state index < -0.39 is 0 Å². The fraction of sp³-hybridized carbons (Fsp3) is 0.909. The first kappa shape index (κ1) is 13.4. The van der Waals surface area contributed by atoms with Crippen molar-refractivity contribution in [2.75, 3.05) is 14.2 Å². The second kappa shape index (κ2) is 7.80. The molecule has 3 heteroatoms. The number of hydroxylamine groups is 2. The molecule has 0 heterocycles. The van der Waals surface area contributed by atoms with E-state index in [0.717, 1.165) is 12.8 Å². The average molecular weight is 201 g/mol. The highest BCUT2D eigenvalue weighted by molar-refractivity contribution is 5.77. The van der Waals surface area contributed by atoms with Gasteiger partial charge in [-0.25, -0.2) is 5.06 Å². The molecule has 0 spiro atoms. The van der Waals surface area contributed by atoms with Crippen LogP contribution in [-0.4, -0.2) is 25.1 Å². The van der Waals surface area contributed by atoms with Crippen LogP contribution < -0.4 is 0 Å². The zero-order chi connectivity index (χ0) is 11.0. The maximum atomic E-state index is 11.5. The third-order valence-electron chi connectivity index (χ3n) is 2.54. The predicted octanol–water partition coefficient (Wildman–Crippen LogP) is 2.61. The molecule has 1 amide bonds. The van der Waals surface area contributed by atoms with Crippen molar-refractivity contribution in [3.05, 3.63) is 0 Å². The van der Waals surface area contributed by atoms with Gasteiger partial charge in [0, 0.05) is 13.0 Å². The van der Waals surface area contributed by atoms with Gasteiger partial charge < -0.3 is 0 Å². The van der Waals surface area contributed by atoms with Crippen molar-refractivity contribution in [1.82, 2.24) is 5.06 Å². The SMILES string of the molecule is CC.CON(C)C(=O)C1CCCCC1. The summed E-state index contributed by atoms with van der Waals surface area (Å²) in [5.74, 6) is 0.348. The number of nitrogens with zero attached hydrogens (tertiary/aromatic N) is 1. The molecule has 0 aliphatic heterocycles. The topological polar surface area (TPSA) is 29.5 Å². The van der Waals surface area contributed by atoms with E-state index in [9.17, 15) is 4.79 Å². The molecular weight excluding hydrogens is 178 g/mol. The van der Waals surface area contributed by atoms with Crippen molar-refractivity contribution >= 4 is 5.91 Å². The van der Waals surface area contributed by atoms with Crippen LogP contribution in [0.1, 0.15) is 46.0 Å². The van der Waals surface area contributed by atoms with Crippen LogP contribution in [0.3, 0.4) is 0 Å². The summed E-state index contributed by atoms with van der Waals surface area (Å²) >= 11 is 0. The molecule has 1 fully saturated rings. The van der Waals surface area contributed by atoms with Crippen molar-refractivity contribution in [1.29, 1.82) is 0 Å². The van der Waals surface area contributed by atoms with Crippen molar-refractivity contribution in [2.45, 2.75) is 46.0 Å². The molecule has 3 nitrogen and oxygen atoms in total. The Labute approximate surface area is 87.4 Å². The molecule has 1 rings (SSSR count). The van der Waals surface area contributed by atoms with Crippen LogP contribution in [0.4, 0.5) is 0 Å². The minimum atomic E-state index is 0.136. The summed E-state index contributed by atoms with van der Waals surface area (Å²) < 4.78 is 0. The van der Waals surface area contributed by atoms with Gasteiger partial charge in [0.1, 0.15) is 0 Å². The summed E-state index contributed by atoms with van der Waals surface area (Å²) in [6.07, 6.45) is 5.72. The van der Waals surface area contributed by atoms with Crippen LogP contribution in [0.25, 0.3) is 0 Å². The number of carbonyl (C=O) groups excluding carboxylic acids is 1. The van der Waals surface area contributed by atoms with Crippen LogP contribution in [0.2, 0.25) is 0 Å². The van der Waals surface area contributed by atoms with E-state index in [-0.39, 0.29) is 11.8 Å². The first-order valence-corrected chi connectivity index (χ1v) is 5.57. The summed E-state index contributed by atoms with van der Waals surface area (Å²) in [5, 5.41) is 1.34. The second-order valence-electron chi connectivity index (χ2n) is 3.35. The summed E-state index contributed by atoms with van der Waals surface area (Å²) in [6, 6.07) is 0. The predicted molar refractivity (Wildman–Crippen MR) is 57.7 cm³/mol. The molecule has 84 valence electrons. The van der Waals surface area contributed by atoms with Crippen LogP contribution in [-0.2, 0) is 9.63 Å². The van der Waals surface area contributed by atoms with E-state index in [0.29, 0.717) is 0 Å². The number of hydrogen-bond acceptors (Lipinski definition) is 2. The van der Waals surface area contributed by atoms with Crippen LogP contribution in [0.5, 0.6) is 0 Å². The van der Waals surface area contributed by atoms with E-state index in [2.05, 4.69) is 0 Å². The third-order valence-corrected chi connectivity index (χ3v) is 2.54. The number of rotatable bonds is 2. The van der Waals surface area contributed by atoms with Crippen molar-refractivity contribution in [2.24, 2.45) is 5.92 Å². The molecule has 0 atom stereocenters. The van der Waals surface area contributed by atoms with Gasteiger partial charge in [0.05, 0.1) is 7.11 Å². The summed E-state index contributed by atoms with van der Waals surface area (Å²) in [4.78, 5) is 16.4. The highest BCUT2D eigenvalue weighted by Gasteiger charge is 2.23. The van der Waals surface area contributed by atoms with E-state index in [1.165, 1.54) is 31.4 Å². The second-order valence-corrected chi connectivity index (χ2v) is 3.35. The van der Waals surface area contributed by atoms with E-state index in [1.54, 1.807) is 7.05 Å². The average Bonchev–Trinajstić information content (AvgIpc) is 2.31. The smallest absolute Gasteiger partial charge is 0.248 e. The lowest BCUT2D eigenvalue weighted by atomic mass is 9.89. The first-order valence-electron chi connectivity index (χ1n) is 5.57. The monoisotopic (exact) mass is 201 g/mol. The molecule has 0 N–H and O–H groups in total. The van der Waals surface area contributed by atoms with Gasteiger partial charge in [-0.05, 0) is 12.8 Å². The van der Waals surface area contributed by atoms with Gasteiger partial charge in [0.15, 0.2) is 0 Å². The lowest BCUT2D eigenvalue weighted by Crippen LogP contribution is -2.33. The Bertz CT molecular complexity index is 153. The number of hydrogen-bond donors (Lipinski definition) is 0. The molecule has 0 aromatic carbocycles. The zero-order valence-corrected chi connectivity index (χ0v) is 9.88. The Morgan fingerprint density at radius 2 is 1.71 bits per heavy atom. The lowest BCUT2D eigenvalue weighted by Gasteiger charge is -2.24. The van der Waals surface area contributed by atoms with Crippen molar-refractivity contribution < 1.29 is 9.63 Å². The van der Waals surface area contributed by atoms with Gasteiger partial charge >= 0.3 is 0 Å². The minimum absolute atomic E-state index is 0.136. The van der Waals surface area contributed by atoms with Gasteiger partial charge in [-0.3, -0.25) is 9.63 Å².